The van der Waals surface area contributed by atoms with Crippen LogP contribution < -0.4 is 0 Å². The molecule has 1 aromatic rings. The van der Waals surface area contributed by atoms with Crippen molar-refractivity contribution in [1.29, 1.82) is 0 Å². The number of halogens is 1. The lowest BCUT2D eigenvalue weighted by Gasteiger charge is -2.13. The highest BCUT2D eigenvalue weighted by Crippen LogP contribution is 2.21. The molecule has 0 amide bonds. The summed E-state index contributed by atoms with van der Waals surface area (Å²) in [6, 6.07) is 7.11. The molecule has 0 aliphatic rings. The van der Waals surface area contributed by atoms with E-state index in [9.17, 15) is 18.3 Å². The van der Waals surface area contributed by atoms with Gasteiger partial charge in [0, 0.05) is 10.8 Å². The van der Waals surface area contributed by atoms with Gasteiger partial charge in [0.2, 0.25) is 0 Å². The van der Waals surface area contributed by atoms with Gasteiger partial charge in [-0.1, -0.05) is 36.7 Å². The minimum absolute atomic E-state index is 0.0375. The Kier molecular flexibility index (Phi) is 6.49. The quantitative estimate of drug-likeness (QED) is 0.800. The summed E-state index contributed by atoms with van der Waals surface area (Å²) < 4.78 is 22.8. The molecule has 0 aromatic heterocycles. The fourth-order valence-corrected chi connectivity index (χ4v) is 3.04. The zero-order chi connectivity index (χ0) is 15.2. The molecule has 0 heterocycles. The molecule has 20 heavy (non-hydrogen) atoms. The number of hydrogen-bond donors (Lipinski definition) is 1. The zero-order valence-corrected chi connectivity index (χ0v) is 13.0. The van der Waals surface area contributed by atoms with Gasteiger partial charge in [-0.15, -0.1) is 0 Å². The Morgan fingerprint density at radius 1 is 1.35 bits per heavy atom. The van der Waals surface area contributed by atoms with Gasteiger partial charge in [-0.3, -0.25) is 4.79 Å². The summed E-state index contributed by atoms with van der Waals surface area (Å²) in [6.07, 6.45) is 1.01. The van der Waals surface area contributed by atoms with Crippen LogP contribution in [-0.4, -0.2) is 31.0 Å². The predicted octanol–water partition coefficient (Wildman–Crippen LogP) is 2.80. The van der Waals surface area contributed by atoms with Gasteiger partial charge in [0.05, 0.1) is 11.7 Å². The van der Waals surface area contributed by atoms with E-state index in [0.717, 1.165) is 5.56 Å². The third kappa shape index (κ3) is 5.51. The molecule has 1 N–H and O–H groups in total. The molecule has 0 fully saturated rings. The van der Waals surface area contributed by atoms with Crippen LogP contribution in [0, 0.1) is 5.92 Å². The highest BCUT2D eigenvalue weighted by molar-refractivity contribution is 7.91. The van der Waals surface area contributed by atoms with Crippen molar-refractivity contribution in [2.75, 3.05) is 11.5 Å². The predicted molar refractivity (Wildman–Crippen MR) is 79.8 cm³/mol. The second kappa shape index (κ2) is 7.64. The standard InChI is InChI=1S/C14H19ClO4S/c1-2-20(18,19)9-5-7-12(14(16)17)10-11-6-3-4-8-13(11)15/h3-4,6,8,12H,2,5,7,9-10H2,1H3,(H,16,17). The number of aliphatic carboxylic acids is 1. The number of carboxylic acids is 1. The molecule has 112 valence electrons. The number of carbonyl (C=O) groups is 1. The number of carboxylic acid groups (broad SMARTS) is 1. The molecule has 1 rings (SSSR count). The number of hydrogen-bond acceptors (Lipinski definition) is 3. The van der Waals surface area contributed by atoms with E-state index in [-0.39, 0.29) is 11.5 Å². The average molecular weight is 319 g/mol. The highest BCUT2D eigenvalue weighted by Gasteiger charge is 2.20. The normalized spacial score (nSPS) is 13.1. The minimum Gasteiger partial charge on any atom is -0.481 e. The van der Waals surface area contributed by atoms with Crippen LogP contribution in [0.15, 0.2) is 24.3 Å². The fraction of sp³-hybridized carbons (Fsp3) is 0.500. The van der Waals surface area contributed by atoms with Gasteiger partial charge >= 0.3 is 5.97 Å². The van der Waals surface area contributed by atoms with Crippen LogP contribution in [0.5, 0.6) is 0 Å². The molecule has 1 atom stereocenters. The van der Waals surface area contributed by atoms with Crippen molar-refractivity contribution in [3.05, 3.63) is 34.9 Å². The largest absolute Gasteiger partial charge is 0.481 e. The lowest BCUT2D eigenvalue weighted by molar-refractivity contribution is -0.141. The van der Waals surface area contributed by atoms with Crippen molar-refractivity contribution >= 4 is 27.4 Å². The highest BCUT2D eigenvalue weighted by atomic mass is 35.5. The van der Waals surface area contributed by atoms with E-state index in [4.69, 9.17) is 11.6 Å². The van der Waals surface area contributed by atoms with Gasteiger partial charge in [-0.05, 0) is 30.9 Å². The maximum Gasteiger partial charge on any atom is 0.306 e. The van der Waals surface area contributed by atoms with Crippen molar-refractivity contribution in [1.82, 2.24) is 0 Å². The summed E-state index contributed by atoms with van der Waals surface area (Å²) in [5.74, 6) is -1.40. The number of sulfone groups is 1. The Labute approximate surface area is 124 Å². The smallest absolute Gasteiger partial charge is 0.306 e. The Bertz CT molecular complexity index is 554. The van der Waals surface area contributed by atoms with Crippen LogP contribution in [0.3, 0.4) is 0 Å². The number of rotatable bonds is 8. The van der Waals surface area contributed by atoms with Crippen LogP contribution >= 0.6 is 11.6 Å². The van der Waals surface area contributed by atoms with Crippen LogP contribution in [0.25, 0.3) is 0 Å². The van der Waals surface area contributed by atoms with Crippen molar-refractivity contribution < 1.29 is 18.3 Å². The zero-order valence-electron chi connectivity index (χ0n) is 11.4. The summed E-state index contributed by atoms with van der Waals surface area (Å²) in [4.78, 5) is 11.2. The van der Waals surface area contributed by atoms with E-state index in [1.165, 1.54) is 0 Å². The molecule has 0 aliphatic heterocycles. The Hall–Kier alpha value is -1.07. The summed E-state index contributed by atoms with van der Waals surface area (Å²) in [7, 11) is -3.04. The monoisotopic (exact) mass is 318 g/mol. The first-order chi connectivity index (χ1) is 9.35. The third-order valence-electron chi connectivity index (χ3n) is 3.22. The molecule has 0 saturated carbocycles. The van der Waals surface area contributed by atoms with Gasteiger partial charge in [-0.2, -0.15) is 0 Å². The van der Waals surface area contributed by atoms with Crippen molar-refractivity contribution in [2.24, 2.45) is 5.92 Å². The molecule has 6 heteroatoms. The van der Waals surface area contributed by atoms with Gasteiger partial charge in [0.1, 0.15) is 9.84 Å². The van der Waals surface area contributed by atoms with Gasteiger partial charge in [0.15, 0.2) is 0 Å². The van der Waals surface area contributed by atoms with E-state index in [0.29, 0.717) is 24.3 Å². The molecule has 0 saturated heterocycles. The summed E-state index contributed by atoms with van der Waals surface area (Å²) in [6.45, 7) is 1.59. The van der Waals surface area contributed by atoms with Crippen molar-refractivity contribution in [3.8, 4) is 0 Å². The minimum atomic E-state index is -3.04. The maximum absolute atomic E-state index is 11.4. The first kappa shape index (κ1) is 17.0. The summed E-state index contributed by atoms with van der Waals surface area (Å²) in [5, 5.41) is 9.76. The lowest BCUT2D eigenvalue weighted by atomic mass is 9.95. The molecule has 0 radical (unpaired) electrons. The summed E-state index contributed by atoms with van der Waals surface area (Å²) >= 11 is 6.01. The molecule has 1 unspecified atom stereocenters. The van der Waals surface area contributed by atoms with E-state index >= 15 is 0 Å². The summed E-state index contributed by atoms with van der Waals surface area (Å²) in [5.41, 5.74) is 0.778. The molecule has 0 bridgehead atoms. The first-order valence-corrected chi connectivity index (χ1v) is 8.72. The van der Waals surface area contributed by atoms with Crippen LogP contribution in [0.1, 0.15) is 25.3 Å². The molecule has 4 nitrogen and oxygen atoms in total. The number of benzene rings is 1. The van der Waals surface area contributed by atoms with Crippen LogP contribution in [0.4, 0.5) is 0 Å². The maximum atomic E-state index is 11.4. The molecular formula is C14H19ClO4S. The van der Waals surface area contributed by atoms with Crippen molar-refractivity contribution in [3.63, 3.8) is 0 Å². The Morgan fingerprint density at radius 2 is 2.00 bits per heavy atom. The average Bonchev–Trinajstić information content (AvgIpc) is 2.39. The first-order valence-electron chi connectivity index (χ1n) is 6.52. The fourth-order valence-electron chi connectivity index (χ4n) is 1.94. The Balaban J connectivity index is 2.63. The van der Waals surface area contributed by atoms with Crippen LogP contribution in [0.2, 0.25) is 5.02 Å². The van der Waals surface area contributed by atoms with Crippen molar-refractivity contribution in [2.45, 2.75) is 26.2 Å². The van der Waals surface area contributed by atoms with Gasteiger partial charge < -0.3 is 5.11 Å². The second-order valence-electron chi connectivity index (χ2n) is 4.71. The van der Waals surface area contributed by atoms with E-state index in [1.54, 1.807) is 25.1 Å². The second-order valence-corrected chi connectivity index (χ2v) is 7.59. The third-order valence-corrected chi connectivity index (χ3v) is 5.38. The van der Waals surface area contributed by atoms with E-state index in [1.807, 2.05) is 6.07 Å². The topological polar surface area (TPSA) is 71.4 Å². The van der Waals surface area contributed by atoms with Crippen LogP contribution in [-0.2, 0) is 21.1 Å². The molecule has 1 aromatic carbocycles. The SMILES string of the molecule is CCS(=O)(=O)CCCC(Cc1ccccc1Cl)C(=O)O. The molecule has 0 spiro atoms. The lowest BCUT2D eigenvalue weighted by Crippen LogP contribution is -2.18. The van der Waals surface area contributed by atoms with E-state index in [2.05, 4.69) is 0 Å². The van der Waals surface area contributed by atoms with Gasteiger partial charge in [-0.25, -0.2) is 8.42 Å². The van der Waals surface area contributed by atoms with E-state index < -0.39 is 21.7 Å². The Morgan fingerprint density at radius 3 is 2.55 bits per heavy atom. The molecule has 0 aliphatic carbocycles. The van der Waals surface area contributed by atoms with Gasteiger partial charge in [0.25, 0.3) is 0 Å². The molecular weight excluding hydrogens is 300 g/mol.